The van der Waals surface area contributed by atoms with Crippen molar-refractivity contribution < 1.29 is 4.79 Å². The van der Waals surface area contributed by atoms with Gasteiger partial charge in [0.2, 0.25) is 5.56 Å². The van der Waals surface area contributed by atoms with Crippen LogP contribution in [0.15, 0.2) is 53.5 Å². The summed E-state index contributed by atoms with van der Waals surface area (Å²) in [6.07, 6.45) is 6.50. The highest BCUT2D eigenvalue weighted by atomic mass is 16.2. The smallest absolute Gasteiger partial charge is 0.254 e. The van der Waals surface area contributed by atoms with Crippen molar-refractivity contribution in [3.05, 3.63) is 70.1 Å². The van der Waals surface area contributed by atoms with Crippen molar-refractivity contribution in [3.63, 3.8) is 0 Å². The molecule has 1 aromatic heterocycles. The van der Waals surface area contributed by atoms with Crippen LogP contribution >= 0.6 is 0 Å². The van der Waals surface area contributed by atoms with Gasteiger partial charge in [0.05, 0.1) is 0 Å². The molecule has 1 N–H and O–H groups in total. The highest BCUT2D eigenvalue weighted by Gasteiger charge is 2.45. The minimum absolute atomic E-state index is 0.00432. The zero-order valence-electron chi connectivity index (χ0n) is 16.1. The average Bonchev–Trinajstić information content (AvgIpc) is 2.73. The van der Waals surface area contributed by atoms with Gasteiger partial charge in [0.1, 0.15) is 0 Å². The molecule has 0 aliphatic carbocycles. The van der Waals surface area contributed by atoms with Crippen molar-refractivity contribution in [1.29, 1.82) is 0 Å². The fourth-order valence-electron chi connectivity index (χ4n) is 5.77. The summed E-state index contributed by atoms with van der Waals surface area (Å²) in [5, 5.41) is 0. The Labute approximate surface area is 165 Å². The topological polar surface area (TPSA) is 56.4 Å². The molecule has 5 nitrogen and oxygen atoms in total. The number of nitrogens with one attached hydrogen (secondary N) is 1. The van der Waals surface area contributed by atoms with Crippen LogP contribution < -0.4 is 5.56 Å². The molecule has 0 unspecified atom stereocenters. The number of likely N-dealkylation sites (tertiary alicyclic amines) is 1. The zero-order valence-corrected chi connectivity index (χ0v) is 16.1. The highest BCUT2D eigenvalue weighted by Crippen LogP contribution is 2.44. The highest BCUT2D eigenvalue weighted by molar-refractivity contribution is 5.94. The lowest BCUT2D eigenvalue weighted by atomic mass is 9.74. The van der Waals surface area contributed by atoms with E-state index >= 15 is 0 Å². The van der Waals surface area contributed by atoms with Gasteiger partial charge < -0.3 is 9.88 Å². The molecule has 1 amide bonds. The van der Waals surface area contributed by atoms with Crippen molar-refractivity contribution in [2.75, 3.05) is 19.6 Å². The monoisotopic (exact) mass is 377 g/mol. The molecular formula is C23H27N3O2. The summed E-state index contributed by atoms with van der Waals surface area (Å²) in [6, 6.07) is 15.1. The third kappa shape index (κ3) is 3.18. The summed E-state index contributed by atoms with van der Waals surface area (Å²) in [4.78, 5) is 31.9. The Morgan fingerprint density at radius 1 is 1.04 bits per heavy atom. The number of H-pyrrole nitrogens is 1. The number of hydrogen-bond acceptors (Lipinski definition) is 3. The standard InChI is InChI=1S/C23H27N3O2/c27-22-12-18(9-10-24-22)23(28)25-13-16-11-19(15-25)21-8-4-7-20(26(21)14-16)17-5-2-1-3-6-17/h1-3,5-6,9-10,12,16,19-21H,4,7-8,11,13-15H2,(H,24,27)/t16-,19+,20+,21-/m0/s1. The number of carbonyl (C=O) groups is 1. The van der Waals surface area contributed by atoms with Crippen LogP contribution in [0.3, 0.4) is 0 Å². The number of aromatic amines is 1. The van der Waals surface area contributed by atoms with Crippen molar-refractivity contribution in [2.24, 2.45) is 11.8 Å². The predicted molar refractivity (Wildman–Crippen MR) is 108 cm³/mol. The molecule has 28 heavy (non-hydrogen) atoms. The van der Waals surface area contributed by atoms with Crippen LogP contribution in [0.4, 0.5) is 0 Å². The lowest BCUT2D eigenvalue weighted by Crippen LogP contribution is -2.60. The number of rotatable bonds is 2. The molecule has 3 saturated heterocycles. The molecule has 0 radical (unpaired) electrons. The van der Waals surface area contributed by atoms with Crippen LogP contribution in [0.1, 0.15) is 47.6 Å². The fraction of sp³-hybridized carbons (Fsp3) is 0.478. The van der Waals surface area contributed by atoms with E-state index < -0.39 is 0 Å². The van der Waals surface area contributed by atoms with Gasteiger partial charge in [-0.3, -0.25) is 14.5 Å². The van der Waals surface area contributed by atoms with Gasteiger partial charge >= 0.3 is 0 Å². The van der Waals surface area contributed by atoms with Crippen LogP contribution in [-0.2, 0) is 0 Å². The molecule has 0 saturated carbocycles. The van der Waals surface area contributed by atoms with E-state index in [1.54, 1.807) is 12.3 Å². The third-order valence-corrected chi connectivity index (χ3v) is 6.88. The minimum atomic E-state index is -0.216. The summed E-state index contributed by atoms with van der Waals surface area (Å²) < 4.78 is 0. The van der Waals surface area contributed by atoms with Gasteiger partial charge in [-0.15, -0.1) is 0 Å². The minimum Gasteiger partial charge on any atom is -0.338 e. The normalized spacial score (nSPS) is 29.9. The van der Waals surface area contributed by atoms with Crippen LogP contribution in [0.25, 0.3) is 0 Å². The first-order valence-electron chi connectivity index (χ1n) is 10.5. The van der Waals surface area contributed by atoms with Gasteiger partial charge in [0.15, 0.2) is 0 Å². The van der Waals surface area contributed by atoms with Crippen LogP contribution in [0.5, 0.6) is 0 Å². The second kappa shape index (κ2) is 7.21. The molecule has 3 aliphatic rings. The van der Waals surface area contributed by atoms with E-state index in [9.17, 15) is 9.59 Å². The molecule has 5 rings (SSSR count). The summed E-state index contributed by atoms with van der Waals surface area (Å²) in [6.45, 7) is 2.68. The van der Waals surface area contributed by atoms with E-state index in [4.69, 9.17) is 0 Å². The average molecular weight is 377 g/mol. The van der Waals surface area contributed by atoms with Crippen LogP contribution in [0.2, 0.25) is 0 Å². The zero-order chi connectivity index (χ0) is 19.1. The van der Waals surface area contributed by atoms with E-state index in [2.05, 4.69) is 40.2 Å². The van der Waals surface area contributed by atoms with Crippen LogP contribution in [-0.4, -0.2) is 46.4 Å². The molecule has 1 aromatic carbocycles. The third-order valence-electron chi connectivity index (χ3n) is 6.88. The van der Waals surface area contributed by atoms with Gasteiger partial charge in [-0.05, 0) is 49.1 Å². The first-order valence-corrected chi connectivity index (χ1v) is 10.5. The first kappa shape index (κ1) is 17.7. The maximum absolute atomic E-state index is 13.0. The van der Waals surface area contributed by atoms with Gasteiger partial charge in [0, 0.05) is 49.5 Å². The summed E-state index contributed by atoms with van der Waals surface area (Å²) in [5.41, 5.74) is 1.72. The van der Waals surface area contributed by atoms with Crippen molar-refractivity contribution in [3.8, 4) is 0 Å². The Balaban J connectivity index is 1.36. The molecule has 2 aromatic rings. The number of pyridine rings is 1. The number of amides is 1. The number of fused-ring (bicyclic) bond motifs is 4. The van der Waals surface area contributed by atoms with E-state index in [1.807, 2.05) is 4.90 Å². The van der Waals surface area contributed by atoms with E-state index in [0.717, 1.165) is 19.6 Å². The van der Waals surface area contributed by atoms with Gasteiger partial charge in [-0.2, -0.15) is 0 Å². The van der Waals surface area contributed by atoms with Crippen molar-refractivity contribution >= 4 is 5.91 Å². The summed E-state index contributed by atoms with van der Waals surface area (Å²) >= 11 is 0. The number of aromatic nitrogens is 1. The Hall–Kier alpha value is -2.40. The molecule has 3 fully saturated rings. The Morgan fingerprint density at radius 2 is 1.89 bits per heavy atom. The molecular weight excluding hydrogens is 350 g/mol. The maximum Gasteiger partial charge on any atom is 0.254 e. The van der Waals surface area contributed by atoms with Gasteiger partial charge in [0.25, 0.3) is 5.91 Å². The number of nitrogens with zero attached hydrogens (tertiary/aromatic N) is 2. The Kier molecular flexibility index (Phi) is 4.55. The van der Waals surface area contributed by atoms with Crippen molar-refractivity contribution in [2.45, 2.75) is 37.8 Å². The van der Waals surface area contributed by atoms with E-state index in [1.165, 1.54) is 37.3 Å². The quantitative estimate of drug-likeness (QED) is 0.875. The molecule has 4 atom stereocenters. The van der Waals surface area contributed by atoms with Gasteiger partial charge in [-0.1, -0.05) is 30.3 Å². The lowest BCUT2D eigenvalue weighted by Gasteiger charge is -2.55. The molecule has 3 aliphatic heterocycles. The van der Waals surface area contributed by atoms with E-state index in [-0.39, 0.29) is 11.5 Å². The number of hydrogen-bond donors (Lipinski definition) is 1. The molecule has 0 spiro atoms. The second-order valence-corrected chi connectivity index (χ2v) is 8.64. The number of piperidine rings is 3. The lowest BCUT2D eigenvalue weighted by molar-refractivity contribution is -0.0511. The maximum atomic E-state index is 13.0. The van der Waals surface area contributed by atoms with Gasteiger partial charge in [-0.25, -0.2) is 0 Å². The van der Waals surface area contributed by atoms with Crippen molar-refractivity contribution in [1.82, 2.24) is 14.8 Å². The summed E-state index contributed by atoms with van der Waals surface area (Å²) in [7, 11) is 0. The molecule has 2 bridgehead atoms. The second-order valence-electron chi connectivity index (χ2n) is 8.64. The SMILES string of the molecule is O=C(c1cc[nH]c(=O)c1)N1C[C@@H]2C[C@H](C1)[C@@H]1CCC[C@H](c3ccccc3)N1C2. The number of carbonyl (C=O) groups excluding carboxylic acids is 1. The Morgan fingerprint density at radius 3 is 2.71 bits per heavy atom. The largest absolute Gasteiger partial charge is 0.338 e. The number of benzene rings is 1. The predicted octanol–water partition coefficient (Wildman–Crippen LogP) is 3.06. The van der Waals surface area contributed by atoms with E-state index in [0.29, 0.717) is 29.5 Å². The van der Waals surface area contributed by atoms with Crippen LogP contribution in [0, 0.1) is 11.8 Å². The molecule has 146 valence electrons. The molecule has 4 heterocycles. The first-order chi connectivity index (χ1) is 13.7. The summed E-state index contributed by atoms with van der Waals surface area (Å²) in [5.74, 6) is 1.06. The Bertz CT molecular complexity index is 909. The molecule has 5 heteroatoms. The fourth-order valence-corrected chi connectivity index (χ4v) is 5.77.